The molecule has 0 fully saturated rings. The molecule has 0 radical (unpaired) electrons. The molecule has 0 unspecified atom stereocenters. The van der Waals surface area contributed by atoms with Crippen molar-refractivity contribution in [1.29, 1.82) is 0 Å². The summed E-state index contributed by atoms with van der Waals surface area (Å²) in [6.45, 7) is 2.28. The number of aromatic nitrogens is 2. The van der Waals surface area contributed by atoms with E-state index >= 15 is 0 Å². The van der Waals surface area contributed by atoms with Crippen molar-refractivity contribution in [3.8, 4) is 5.75 Å². The highest BCUT2D eigenvalue weighted by Gasteiger charge is 2.16. The van der Waals surface area contributed by atoms with Crippen molar-refractivity contribution in [2.45, 2.75) is 13.3 Å². The average molecular weight is 492 g/mol. The highest BCUT2D eigenvalue weighted by atomic mass is 35.5. The van der Waals surface area contributed by atoms with Crippen LogP contribution in [0.15, 0.2) is 42.5 Å². The Bertz CT molecular complexity index is 1220. The summed E-state index contributed by atoms with van der Waals surface area (Å²) in [5.41, 5.74) is 2.39. The van der Waals surface area contributed by atoms with Crippen LogP contribution >= 0.6 is 23.2 Å². The van der Waals surface area contributed by atoms with Crippen LogP contribution in [0.1, 0.15) is 12.5 Å². The van der Waals surface area contributed by atoms with Crippen molar-refractivity contribution in [2.75, 3.05) is 38.4 Å². The van der Waals surface area contributed by atoms with Crippen LogP contribution in [-0.2, 0) is 11.2 Å². The Morgan fingerprint density at radius 3 is 2.58 bits per heavy atom. The number of benzene rings is 2. The maximum atomic E-state index is 14.2. The number of aryl methyl sites for hydroxylation is 1. The zero-order valence-electron chi connectivity index (χ0n) is 18.7. The zero-order chi connectivity index (χ0) is 24.1. The highest BCUT2D eigenvalue weighted by Crippen LogP contribution is 2.36. The summed E-state index contributed by atoms with van der Waals surface area (Å²) in [6.07, 6.45) is 3.33. The Morgan fingerprint density at radius 2 is 1.91 bits per heavy atom. The van der Waals surface area contributed by atoms with Crippen molar-refractivity contribution in [2.24, 2.45) is 0 Å². The van der Waals surface area contributed by atoms with E-state index < -0.39 is 11.7 Å². The second kappa shape index (κ2) is 10.8. The first-order chi connectivity index (χ1) is 15.7. The number of amides is 1. The maximum absolute atomic E-state index is 14.2. The van der Waals surface area contributed by atoms with Crippen LogP contribution in [0.3, 0.4) is 0 Å². The quantitative estimate of drug-likeness (QED) is 0.399. The SMILES string of the molecule is CCc1cc(Nc2ncnc3cc(OC)c(NC(=O)C(F)=CCN(C)C)cc23)c(Cl)cc1Cl. The standard InChI is InChI=1S/C23H24Cl2FN5O2/c1-5-13-8-19(16(25)10-15(13)24)29-22-14-9-20(21(33-4)11-18(14)27-12-28-22)30-23(32)17(26)6-7-31(2)3/h6,8-12H,5,7H2,1-4H3,(H,30,32)(H,27,28,29). The lowest BCUT2D eigenvalue weighted by molar-refractivity contribution is -0.114. The zero-order valence-corrected chi connectivity index (χ0v) is 20.2. The van der Waals surface area contributed by atoms with Gasteiger partial charge in [0.2, 0.25) is 0 Å². The first-order valence-electron chi connectivity index (χ1n) is 10.1. The van der Waals surface area contributed by atoms with Crippen LogP contribution in [-0.4, -0.2) is 48.5 Å². The van der Waals surface area contributed by atoms with Crippen molar-refractivity contribution >= 4 is 57.2 Å². The second-order valence-corrected chi connectivity index (χ2v) is 8.28. The molecule has 7 nitrogen and oxygen atoms in total. The van der Waals surface area contributed by atoms with E-state index in [1.807, 2.05) is 13.0 Å². The van der Waals surface area contributed by atoms with Crippen molar-refractivity contribution in [3.05, 3.63) is 58.1 Å². The molecule has 0 aliphatic heterocycles. The van der Waals surface area contributed by atoms with Crippen LogP contribution in [0.4, 0.5) is 21.6 Å². The van der Waals surface area contributed by atoms with Gasteiger partial charge in [-0.25, -0.2) is 14.4 Å². The van der Waals surface area contributed by atoms with Gasteiger partial charge in [0.05, 0.1) is 29.0 Å². The molecule has 33 heavy (non-hydrogen) atoms. The molecule has 1 heterocycles. The number of halogens is 3. The lowest BCUT2D eigenvalue weighted by Crippen LogP contribution is -2.16. The fraction of sp³-hybridized carbons (Fsp3) is 0.261. The molecule has 1 aromatic heterocycles. The summed E-state index contributed by atoms with van der Waals surface area (Å²) in [6, 6.07) is 6.79. The molecule has 0 saturated carbocycles. The molecule has 3 aromatic rings. The molecular formula is C23H24Cl2FN5O2. The fourth-order valence-corrected chi connectivity index (χ4v) is 3.64. The minimum atomic E-state index is -0.895. The van der Waals surface area contributed by atoms with Crippen LogP contribution in [0.25, 0.3) is 10.9 Å². The normalized spacial score (nSPS) is 11.7. The van der Waals surface area contributed by atoms with E-state index in [4.69, 9.17) is 27.9 Å². The number of hydrogen-bond acceptors (Lipinski definition) is 6. The summed E-state index contributed by atoms with van der Waals surface area (Å²) in [4.78, 5) is 22.7. The van der Waals surface area contributed by atoms with E-state index in [0.717, 1.165) is 12.0 Å². The Hall–Kier alpha value is -2.94. The summed E-state index contributed by atoms with van der Waals surface area (Å²) < 4.78 is 19.6. The number of nitrogens with one attached hydrogen (secondary N) is 2. The molecule has 2 aromatic carbocycles. The number of nitrogens with zero attached hydrogens (tertiary/aromatic N) is 3. The van der Waals surface area contributed by atoms with Crippen LogP contribution in [0.5, 0.6) is 5.75 Å². The van der Waals surface area contributed by atoms with Crippen LogP contribution in [0.2, 0.25) is 10.0 Å². The summed E-state index contributed by atoms with van der Waals surface area (Å²) in [7, 11) is 5.01. The number of ether oxygens (including phenoxy) is 1. The molecule has 0 aliphatic rings. The van der Waals surface area contributed by atoms with Crippen molar-refractivity contribution in [1.82, 2.24) is 14.9 Å². The third-order valence-electron chi connectivity index (χ3n) is 4.83. The van der Waals surface area contributed by atoms with Gasteiger partial charge in [0.1, 0.15) is 17.9 Å². The molecule has 0 bridgehead atoms. The van der Waals surface area contributed by atoms with Crippen LogP contribution < -0.4 is 15.4 Å². The van der Waals surface area contributed by atoms with Crippen LogP contribution in [0, 0.1) is 0 Å². The lowest BCUT2D eigenvalue weighted by atomic mass is 10.1. The maximum Gasteiger partial charge on any atom is 0.284 e. The number of rotatable bonds is 8. The van der Waals surface area contributed by atoms with Gasteiger partial charge in [0, 0.05) is 23.0 Å². The van der Waals surface area contributed by atoms with E-state index in [1.165, 1.54) is 19.5 Å². The minimum absolute atomic E-state index is 0.276. The smallest absolute Gasteiger partial charge is 0.284 e. The van der Waals surface area contributed by atoms with Crippen molar-refractivity contribution in [3.63, 3.8) is 0 Å². The van der Waals surface area contributed by atoms with Gasteiger partial charge < -0.3 is 20.3 Å². The third-order valence-corrected chi connectivity index (χ3v) is 5.49. The van der Waals surface area contributed by atoms with E-state index in [0.29, 0.717) is 38.2 Å². The first-order valence-corrected chi connectivity index (χ1v) is 10.9. The van der Waals surface area contributed by atoms with E-state index in [-0.39, 0.29) is 12.2 Å². The number of anilines is 3. The molecular weight excluding hydrogens is 468 g/mol. The van der Waals surface area contributed by atoms with Crippen molar-refractivity contribution < 1.29 is 13.9 Å². The first kappa shape index (κ1) is 24.7. The number of carbonyl (C=O) groups excluding carboxylic acids is 1. The van der Waals surface area contributed by atoms with Gasteiger partial charge in [-0.15, -0.1) is 0 Å². The molecule has 0 spiro atoms. The number of hydrogen-bond donors (Lipinski definition) is 2. The van der Waals surface area contributed by atoms with Gasteiger partial charge in [-0.05, 0) is 50.4 Å². The van der Waals surface area contributed by atoms with Gasteiger partial charge in [-0.3, -0.25) is 4.79 Å². The number of carbonyl (C=O) groups is 1. The lowest BCUT2D eigenvalue weighted by Gasteiger charge is -2.15. The molecule has 2 N–H and O–H groups in total. The van der Waals surface area contributed by atoms with Gasteiger partial charge in [0.25, 0.3) is 5.91 Å². The molecule has 0 atom stereocenters. The molecule has 0 aliphatic carbocycles. The van der Waals surface area contributed by atoms with E-state index in [2.05, 4.69) is 20.6 Å². The number of fused-ring (bicyclic) bond motifs is 1. The Labute approximate surface area is 201 Å². The highest BCUT2D eigenvalue weighted by molar-refractivity contribution is 6.37. The van der Waals surface area contributed by atoms with Gasteiger partial charge in [-0.2, -0.15) is 0 Å². The average Bonchev–Trinajstić information content (AvgIpc) is 2.78. The molecule has 10 heteroatoms. The number of likely N-dealkylation sites (N-methyl/N-ethyl adjacent to an activating group) is 1. The monoisotopic (exact) mass is 491 g/mol. The minimum Gasteiger partial charge on any atom is -0.494 e. The van der Waals surface area contributed by atoms with E-state index in [1.54, 1.807) is 37.2 Å². The van der Waals surface area contributed by atoms with E-state index in [9.17, 15) is 9.18 Å². The fourth-order valence-electron chi connectivity index (χ4n) is 3.08. The Kier molecular flexibility index (Phi) is 8.07. The topological polar surface area (TPSA) is 79.4 Å². The molecule has 0 saturated heterocycles. The third kappa shape index (κ3) is 5.90. The van der Waals surface area contributed by atoms with Gasteiger partial charge in [-0.1, -0.05) is 30.1 Å². The van der Waals surface area contributed by atoms with Gasteiger partial charge in [0.15, 0.2) is 5.83 Å². The summed E-state index contributed by atoms with van der Waals surface area (Å²) >= 11 is 12.6. The molecule has 3 rings (SSSR count). The number of methoxy groups -OCH3 is 1. The second-order valence-electron chi connectivity index (χ2n) is 7.46. The summed E-state index contributed by atoms with van der Waals surface area (Å²) in [5, 5.41) is 7.35. The Balaban J connectivity index is 2.00. The van der Waals surface area contributed by atoms with Gasteiger partial charge >= 0.3 is 0 Å². The predicted octanol–water partition coefficient (Wildman–Crippen LogP) is 5.60. The molecule has 174 valence electrons. The molecule has 1 amide bonds. The predicted molar refractivity (Wildman–Crippen MR) is 132 cm³/mol. The Morgan fingerprint density at radius 1 is 1.15 bits per heavy atom. The largest absolute Gasteiger partial charge is 0.494 e. The summed E-state index contributed by atoms with van der Waals surface area (Å²) in [5.74, 6) is -0.991.